The van der Waals surface area contributed by atoms with E-state index in [0.29, 0.717) is 0 Å². The van der Waals surface area contributed by atoms with Gasteiger partial charge in [-0.15, -0.1) is 5.10 Å². The Kier molecular flexibility index (Phi) is 3.07. The van der Waals surface area contributed by atoms with E-state index in [1.54, 1.807) is 0 Å². The van der Waals surface area contributed by atoms with Crippen LogP contribution in [0.1, 0.15) is 5.82 Å². The molecule has 0 aliphatic carbocycles. The number of nitrogens with one attached hydrogen (secondary N) is 1. The molecule has 0 bridgehead atoms. The van der Waals surface area contributed by atoms with Gasteiger partial charge in [0.15, 0.2) is 5.82 Å². The largest absolute Gasteiger partial charge is 0.369 e. The highest BCUT2D eigenvalue weighted by Crippen LogP contribution is 1.92. The molecule has 0 fully saturated rings. The number of amides is 2. The maximum atomic E-state index is 10.8. The van der Waals surface area contributed by atoms with E-state index in [1.165, 1.54) is 0 Å². The predicted molar refractivity (Wildman–Crippen MR) is 43.0 cm³/mol. The summed E-state index contributed by atoms with van der Waals surface area (Å²) < 4.78 is 1.15. The number of hydrogen-bond donors (Lipinski definition) is 3. The fourth-order valence-electron chi connectivity index (χ4n) is 0.810. The van der Waals surface area contributed by atoms with Crippen LogP contribution in [0.4, 0.5) is 0 Å². The van der Waals surface area contributed by atoms with Gasteiger partial charge in [-0.25, -0.2) is 10.5 Å². The number of nitrogens with two attached hydrogens (primary N) is 2. The summed E-state index contributed by atoms with van der Waals surface area (Å²) in [6, 6.07) is 0. The van der Waals surface area contributed by atoms with Crippen molar-refractivity contribution in [1.82, 2.24) is 25.6 Å². The molecular weight excluding hydrogens is 190 g/mol. The van der Waals surface area contributed by atoms with Crippen molar-refractivity contribution < 1.29 is 9.59 Å². The molecular formula is C5H9N7O2. The van der Waals surface area contributed by atoms with Crippen LogP contribution in [-0.2, 0) is 22.6 Å². The van der Waals surface area contributed by atoms with Crippen molar-refractivity contribution in [2.45, 2.75) is 13.0 Å². The first-order valence-corrected chi connectivity index (χ1v) is 3.66. The Morgan fingerprint density at radius 3 is 2.79 bits per heavy atom. The first-order valence-electron chi connectivity index (χ1n) is 3.66. The first kappa shape index (κ1) is 10.1. The topological polar surface area (TPSA) is 142 Å². The Balaban J connectivity index is 2.72. The third kappa shape index (κ3) is 2.48. The predicted octanol–water partition coefficient (Wildman–Crippen LogP) is -3.31. The van der Waals surface area contributed by atoms with Crippen molar-refractivity contribution in [1.29, 1.82) is 0 Å². The number of carbonyl (C=O) groups excluding carboxylic acids is 2. The normalized spacial score (nSPS) is 9.79. The van der Waals surface area contributed by atoms with E-state index in [-0.39, 0.29) is 18.8 Å². The Morgan fingerprint density at radius 2 is 2.21 bits per heavy atom. The highest BCUT2D eigenvalue weighted by Gasteiger charge is 2.11. The molecule has 14 heavy (non-hydrogen) atoms. The van der Waals surface area contributed by atoms with E-state index in [9.17, 15) is 9.59 Å². The summed E-state index contributed by atoms with van der Waals surface area (Å²) in [6.45, 7) is -0.147. The molecule has 0 spiro atoms. The molecule has 0 saturated heterocycles. The van der Waals surface area contributed by atoms with Crippen LogP contribution < -0.4 is 17.0 Å². The van der Waals surface area contributed by atoms with Crippen LogP contribution in [-0.4, -0.2) is 32.0 Å². The lowest BCUT2D eigenvalue weighted by Gasteiger charge is -2.00. The van der Waals surface area contributed by atoms with Gasteiger partial charge in [-0.05, 0) is 10.4 Å². The molecule has 1 aromatic heterocycles. The average Bonchev–Trinajstić information content (AvgIpc) is 2.52. The summed E-state index contributed by atoms with van der Waals surface area (Å²) in [7, 11) is 0. The summed E-state index contributed by atoms with van der Waals surface area (Å²) >= 11 is 0. The minimum absolute atomic E-state index is 0.120. The van der Waals surface area contributed by atoms with Gasteiger partial charge in [0.05, 0.1) is 6.42 Å². The Hall–Kier alpha value is -2.03. The van der Waals surface area contributed by atoms with E-state index in [1.807, 2.05) is 5.43 Å². The Labute approximate surface area is 78.4 Å². The average molecular weight is 199 g/mol. The molecule has 0 saturated carbocycles. The fourth-order valence-corrected chi connectivity index (χ4v) is 0.810. The Bertz CT molecular complexity index is 346. The van der Waals surface area contributed by atoms with Crippen LogP contribution >= 0.6 is 0 Å². The van der Waals surface area contributed by atoms with Crippen molar-refractivity contribution in [2.24, 2.45) is 11.6 Å². The van der Waals surface area contributed by atoms with Crippen molar-refractivity contribution >= 4 is 11.8 Å². The number of rotatable bonds is 4. The van der Waals surface area contributed by atoms with Gasteiger partial charge in [-0.3, -0.25) is 15.0 Å². The zero-order valence-corrected chi connectivity index (χ0v) is 7.17. The van der Waals surface area contributed by atoms with Gasteiger partial charge in [0.2, 0.25) is 5.91 Å². The molecule has 2 amide bonds. The number of carbonyl (C=O) groups is 2. The smallest absolute Gasteiger partial charge is 0.255 e. The number of hydrogen-bond acceptors (Lipinski definition) is 6. The lowest BCUT2D eigenvalue weighted by atomic mass is 10.4. The minimum atomic E-state index is -0.575. The number of nitrogens with zero attached hydrogens (tertiary/aromatic N) is 4. The van der Waals surface area contributed by atoms with Gasteiger partial charge in [0.1, 0.15) is 6.54 Å². The highest BCUT2D eigenvalue weighted by atomic mass is 16.2. The van der Waals surface area contributed by atoms with E-state index in [2.05, 4.69) is 15.5 Å². The van der Waals surface area contributed by atoms with Gasteiger partial charge >= 0.3 is 0 Å². The number of aromatic nitrogens is 4. The van der Waals surface area contributed by atoms with Gasteiger partial charge in [-0.2, -0.15) is 0 Å². The Morgan fingerprint density at radius 1 is 1.50 bits per heavy atom. The third-order valence-corrected chi connectivity index (χ3v) is 1.39. The second-order valence-electron chi connectivity index (χ2n) is 2.46. The van der Waals surface area contributed by atoms with Crippen molar-refractivity contribution in [2.75, 3.05) is 0 Å². The van der Waals surface area contributed by atoms with Crippen LogP contribution in [0.3, 0.4) is 0 Å². The molecule has 9 nitrogen and oxygen atoms in total. The van der Waals surface area contributed by atoms with Gasteiger partial charge in [0.25, 0.3) is 5.91 Å². The summed E-state index contributed by atoms with van der Waals surface area (Å²) in [5.74, 6) is 4.05. The molecule has 5 N–H and O–H groups in total. The fraction of sp³-hybridized carbons (Fsp3) is 0.400. The molecule has 0 atom stereocenters. The molecule has 0 aromatic carbocycles. The maximum absolute atomic E-state index is 10.8. The van der Waals surface area contributed by atoms with Crippen molar-refractivity contribution in [3.8, 4) is 0 Å². The van der Waals surface area contributed by atoms with E-state index < -0.39 is 11.8 Å². The quantitative estimate of drug-likeness (QED) is 0.263. The molecule has 0 aliphatic rings. The lowest BCUT2D eigenvalue weighted by molar-refractivity contribution is -0.122. The molecule has 1 rings (SSSR count). The first-order chi connectivity index (χ1) is 6.63. The second-order valence-corrected chi connectivity index (χ2v) is 2.46. The summed E-state index contributed by atoms with van der Waals surface area (Å²) in [5.41, 5.74) is 6.86. The zero-order chi connectivity index (χ0) is 10.6. The second kappa shape index (κ2) is 4.28. The van der Waals surface area contributed by atoms with Crippen molar-refractivity contribution in [3.05, 3.63) is 5.82 Å². The lowest BCUT2D eigenvalue weighted by Crippen LogP contribution is -2.34. The summed E-state index contributed by atoms with van der Waals surface area (Å²) in [6.07, 6.45) is -0.120. The zero-order valence-electron chi connectivity index (χ0n) is 7.17. The molecule has 0 aliphatic heterocycles. The molecule has 1 aromatic rings. The van der Waals surface area contributed by atoms with Crippen LogP contribution in [0.5, 0.6) is 0 Å². The van der Waals surface area contributed by atoms with Crippen LogP contribution in [0, 0.1) is 0 Å². The van der Waals surface area contributed by atoms with Crippen LogP contribution in [0.2, 0.25) is 0 Å². The maximum Gasteiger partial charge on any atom is 0.255 e. The third-order valence-electron chi connectivity index (χ3n) is 1.39. The van der Waals surface area contributed by atoms with Crippen LogP contribution in [0.15, 0.2) is 0 Å². The molecule has 1 heterocycles. The van der Waals surface area contributed by atoms with E-state index >= 15 is 0 Å². The number of primary amides is 1. The summed E-state index contributed by atoms with van der Waals surface area (Å²) in [5, 5.41) is 10.3. The molecule has 9 heteroatoms. The van der Waals surface area contributed by atoms with E-state index in [4.69, 9.17) is 11.6 Å². The monoisotopic (exact) mass is 199 g/mol. The number of tetrazole rings is 1. The SMILES string of the molecule is NNC(=O)Cn1nnnc1CC(N)=O. The minimum Gasteiger partial charge on any atom is -0.369 e. The van der Waals surface area contributed by atoms with Gasteiger partial charge in [0, 0.05) is 0 Å². The summed E-state index contributed by atoms with van der Waals surface area (Å²) in [4.78, 5) is 21.4. The van der Waals surface area contributed by atoms with Gasteiger partial charge in [-0.1, -0.05) is 0 Å². The van der Waals surface area contributed by atoms with Crippen molar-refractivity contribution in [3.63, 3.8) is 0 Å². The molecule has 76 valence electrons. The standard InChI is InChI=1S/C5H9N7O2/c6-3(13)1-4-9-10-11-12(4)2-5(14)8-7/h1-2,7H2,(H2,6,13)(H,8,14). The molecule has 0 unspecified atom stereocenters. The van der Waals surface area contributed by atoms with Crippen LogP contribution in [0.25, 0.3) is 0 Å². The highest BCUT2D eigenvalue weighted by molar-refractivity contribution is 5.76. The van der Waals surface area contributed by atoms with E-state index in [0.717, 1.165) is 4.68 Å². The molecule has 0 radical (unpaired) electrons. The van der Waals surface area contributed by atoms with Gasteiger partial charge < -0.3 is 5.73 Å². The number of hydrazine groups is 1.